The van der Waals surface area contributed by atoms with Crippen molar-refractivity contribution >= 4 is 5.91 Å². The Kier molecular flexibility index (Phi) is 3.18. The fraction of sp³-hybridized carbons (Fsp3) is 0.0833. The van der Waals surface area contributed by atoms with E-state index in [1.807, 2.05) is 0 Å². The van der Waals surface area contributed by atoms with Crippen molar-refractivity contribution in [3.05, 3.63) is 59.6 Å². The second-order valence-electron chi connectivity index (χ2n) is 3.47. The van der Waals surface area contributed by atoms with E-state index in [4.69, 9.17) is 4.42 Å². The molecular formula is C12H9F2NO2. The molecule has 88 valence electrons. The fourth-order valence-electron chi connectivity index (χ4n) is 1.39. The SMILES string of the molecule is O=C(NCc1cc(F)cc(F)c1)c1ccoc1. The Bertz CT molecular complexity index is 503. The Labute approximate surface area is 96.1 Å². The summed E-state index contributed by atoms with van der Waals surface area (Å²) in [6, 6.07) is 4.61. The number of carbonyl (C=O) groups is 1. The van der Waals surface area contributed by atoms with Gasteiger partial charge in [-0.05, 0) is 23.8 Å². The van der Waals surface area contributed by atoms with Gasteiger partial charge in [-0.1, -0.05) is 0 Å². The highest BCUT2D eigenvalue weighted by Crippen LogP contribution is 2.08. The normalized spacial score (nSPS) is 10.2. The molecule has 1 aromatic heterocycles. The van der Waals surface area contributed by atoms with E-state index in [1.165, 1.54) is 30.7 Å². The highest BCUT2D eigenvalue weighted by molar-refractivity contribution is 5.93. The molecule has 0 bridgehead atoms. The predicted octanol–water partition coefficient (Wildman–Crippen LogP) is 2.49. The molecule has 2 aromatic rings. The number of benzene rings is 1. The van der Waals surface area contributed by atoms with Gasteiger partial charge in [0.15, 0.2) is 0 Å². The van der Waals surface area contributed by atoms with Crippen LogP contribution in [0.1, 0.15) is 15.9 Å². The summed E-state index contributed by atoms with van der Waals surface area (Å²) in [5, 5.41) is 2.52. The lowest BCUT2D eigenvalue weighted by Crippen LogP contribution is -2.22. The highest BCUT2D eigenvalue weighted by Gasteiger charge is 2.07. The van der Waals surface area contributed by atoms with E-state index in [-0.39, 0.29) is 12.5 Å². The summed E-state index contributed by atoms with van der Waals surface area (Å²) in [7, 11) is 0. The number of hydrogen-bond donors (Lipinski definition) is 1. The van der Waals surface area contributed by atoms with Crippen molar-refractivity contribution in [2.24, 2.45) is 0 Å². The largest absolute Gasteiger partial charge is 0.472 e. The van der Waals surface area contributed by atoms with E-state index in [2.05, 4.69) is 5.32 Å². The van der Waals surface area contributed by atoms with Gasteiger partial charge in [0.05, 0.1) is 11.8 Å². The molecule has 0 unspecified atom stereocenters. The smallest absolute Gasteiger partial charge is 0.254 e. The molecule has 0 saturated heterocycles. The zero-order valence-electron chi connectivity index (χ0n) is 8.74. The van der Waals surface area contributed by atoms with Crippen LogP contribution in [0.25, 0.3) is 0 Å². The average molecular weight is 237 g/mol. The molecule has 1 heterocycles. The monoisotopic (exact) mass is 237 g/mol. The third-order valence-corrected chi connectivity index (χ3v) is 2.16. The molecule has 2 rings (SSSR count). The predicted molar refractivity (Wildman–Crippen MR) is 56.2 cm³/mol. The number of carbonyl (C=O) groups excluding carboxylic acids is 1. The average Bonchev–Trinajstić information content (AvgIpc) is 2.78. The molecule has 0 aliphatic heterocycles. The standard InChI is InChI=1S/C12H9F2NO2/c13-10-3-8(4-11(14)5-10)6-15-12(16)9-1-2-17-7-9/h1-5,7H,6H2,(H,15,16). The zero-order valence-corrected chi connectivity index (χ0v) is 8.74. The van der Waals surface area contributed by atoms with Gasteiger partial charge < -0.3 is 9.73 Å². The van der Waals surface area contributed by atoms with E-state index in [9.17, 15) is 13.6 Å². The Morgan fingerprint density at radius 2 is 1.94 bits per heavy atom. The molecule has 5 heteroatoms. The van der Waals surface area contributed by atoms with Crippen LogP contribution in [0.3, 0.4) is 0 Å². The van der Waals surface area contributed by atoms with Crippen molar-refractivity contribution in [1.29, 1.82) is 0 Å². The van der Waals surface area contributed by atoms with Gasteiger partial charge in [0.1, 0.15) is 17.9 Å². The maximum Gasteiger partial charge on any atom is 0.254 e. The number of furan rings is 1. The van der Waals surface area contributed by atoms with Crippen LogP contribution in [-0.2, 0) is 6.54 Å². The molecule has 0 spiro atoms. The van der Waals surface area contributed by atoms with E-state index < -0.39 is 11.6 Å². The second kappa shape index (κ2) is 4.78. The first kappa shape index (κ1) is 11.3. The molecule has 17 heavy (non-hydrogen) atoms. The van der Waals surface area contributed by atoms with Gasteiger partial charge >= 0.3 is 0 Å². The van der Waals surface area contributed by atoms with Crippen molar-refractivity contribution in [3.63, 3.8) is 0 Å². The molecule has 0 saturated carbocycles. The summed E-state index contributed by atoms with van der Waals surface area (Å²) in [6.07, 6.45) is 2.66. The maximum atomic E-state index is 12.9. The van der Waals surface area contributed by atoms with Gasteiger partial charge in [-0.25, -0.2) is 8.78 Å². The lowest BCUT2D eigenvalue weighted by atomic mass is 10.2. The minimum Gasteiger partial charge on any atom is -0.472 e. The summed E-state index contributed by atoms with van der Waals surface area (Å²) in [5.74, 6) is -1.70. The number of halogens is 2. The molecule has 1 aromatic carbocycles. The van der Waals surface area contributed by atoms with Gasteiger partial charge in [0.25, 0.3) is 5.91 Å². The van der Waals surface area contributed by atoms with Crippen molar-refractivity contribution in [1.82, 2.24) is 5.32 Å². The van der Waals surface area contributed by atoms with Crippen LogP contribution in [0.4, 0.5) is 8.78 Å². The number of amides is 1. The Hall–Kier alpha value is -2.17. The van der Waals surface area contributed by atoms with Crippen LogP contribution in [0, 0.1) is 11.6 Å². The highest BCUT2D eigenvalue weighted by atomic mass is 19.1. The quantitative estimate of drug-likeness (QED) is 0.891. The van der Waals surface area contributed by atoms with E-state index >= 15 is 0 Å². The molecule has 0 aliphatic rings. The van der Waals surface area contributed by atoms with Crippen LogP contribution in [-0.4, -0.2) is 5.91 Å². The summed E-state index contributed by atoms with van der Waals surface area (Å²) in [6.45, 7) is 0.0543. The first-order valence-corrected chi connectivity index (χ1v) is 4.90. The molecule has 1 N–H and O–H groups in total. The Balaban J connectivity index is 2.00. The first-order chi connectivity index (χ1) is 8.15. The minimum absolute atomic E-state index is 0.0543. The maximum absolute atomic E-state index is 12.9. The van der Waals surface area contributed by atoms with Gasteiger partial charge in [0, 0.05) is 12.6 Å². The fourth-order valence-corrected chi connectivity index (χ4v) is 1.39. The van der Waals surface area contributed by atoms with Crippen LogP contribution in [0.2, 0.25) is 0 Å². The van der Waals surface area contributed by atoms with Crippen molar-refractivity contribution < 1.29 is 18.0 Å². The molecule has 0 atom stereocenters. The van der Waals surface area contributed by atoms with Gasteiger partial charge in [-0.2, -0.15) is 0 Å². The van der Waals surface area contributed by atoms with Crippen molar-refractivity contribution in [3.8, 4) is 0 Å². The molecule has 0 radical (unpaired) electrons. The first-order valence-electron chi connectivity index (χ1n) is 4.90. The van der Waals surface area contributed by atoms with Crippen LogP contribution in [0.15, 0.2) is 41.2 Å². The summed E-state index contributed by atoms with van der Waals surface area (Å²) < 4.78 is 30.5. The lowest BCUT2D eigenvalue weighted by Gasteiger charge is -2.04. The van der Waals surface area contributed by atoms with Gasteiger partial charge in [0.2, 0.25) is 0 Å². The minimum atomic E-state index is -0.669. The number of hydrogen-bond acceptors (Lipinski definition) is 2. The molecule has 3 nitrogen and oxygen atoms in total. The van der Waals surface area contributed by atoms with Crippen molar-refractivity contribution in [2.45, 2.75) is 6.54 Å². The van der Waals surface area contributed by atoms with Crippen LogP contribution in [0.5, 0.6) is 0 Å². The summed E-state index contributed by atoms with van der Waals surface area (Å²) >= 11 is 0. The molecule has 0 fully saturated rings. The molecule has 1 amide bonds. The zero-order chi connectivity index (χ0) is 12.3. The van der Waals surface area contributed by atoms with Gasteiger partial charge in [-0.3, -0.25) is 4.79 Å². The molecular weight excluding hydrogens is 228 g/mol. The van der Waals surface area contributed by atoms with Crippen LogP contribution >= 0.6 is 0 Å². The van der Waals surface area contributed by atoms with Crippen LogP contribution < -0.4 is 5.32 Å². The summed E-state index contributed by atoms with van der Waals surface area (Å²) in [5.41, 5.74) is 0.723. The van der Waals surface area contributed by atoms with E-state index in [1.54, 1.807) is 0 Å². The van der Waals surface area contributed by atoms with Gasteiger partial charge in [-0.15, -0.1) is 0 Å². The Morgan fingerprint density at radius 1 is 1.24 bits per heavy atom. The molecule has 0 aliphatic carbocycles. The summed E-state index contributed by atoms with van der Waals surface area (Å²) in [4.78, 5) is 11.5. The number of nitrogens with one attached hydrogen (secondary N) is 1. The topological polar surface area (TPSA) is 42.2 Å². The van der Waals surface area contributed by atoms with Crippen molar-refractivity contribution in [2.75, 3.05) is 0 Å². The third kappa shape index (κ3) is 2.90. The number of rotatable bonds is 3. The van der Waals surface area contributed by atoms with E-state index in [0.29, 0.717) is 11.1 Å². The van der Waals surface area contributed by atoms with E-state index in [0.717, 1.165) is 6.07 Å². The Morgan fingerprint density at radius 3 is 2.53 bits per heavy atom. The third-order valence-electron chi connectivity index (χ3n) is 2.16. The second-order valence-corrected chi connectivity index (χ2v) is 3.47. The lowest BCUT2D eigenvalue weighted by molar-refractivity contribution is 0.0950.